The predicted molar refractivity (Wildman–Crippen MR) is 66.0 cm³/mol. The van der Waals surface area contributed by atoms with Crippen LogP contribution in [0, 0.1) is 0 Å². The fourth-order valence-corrected chi connectivity index (χ4v) is 1.43. The fourth-order valence-electron chi connectivity index (χ4n) is 1.43. The van der Waals surface area contributed by atoms with Gasteiger partial charge in [-0.05, 0) is 13.8 Å². The van der Waals surface area contributed by atoms with Crippen LogP contribution in [0.2, 0.25) is 0 Å². The summed E-state index contributed by atoms with van der Waals surface area (Å²) >= 11 is 0. The second-order valence-corrected chi connectivity index (χ2v) is 3.36. The van der Waals surface area contributed by atoms with E-state index in [-0.39, 0.29) is 0 Å². The molecule has 0 fully saturated rings. The molecule has 1 N–H and O–H groups in total. The standard InChI is InChI=1S/C11H20N4O/c1-4-12-10-8-11(14-9-13-10)15(5-2)6-7-16-3/h8-9H,4-7H2,1-3H3,(H,12,13,14). The number of hydrogen-bond acceptors (Lipinski definition) is 5. The first-order valence-electron chi connectivity index (χ1n) is 5.61. The largest absolute Gasteiger partial charge is 0.383 e. The van der Waals surface area contributed by atoms with Crippen LogP contribution in [0.3, 0.4) is 0 Å². The topological polar surface area (TPSA) is 50.3 Å². The highest BCUT2D eigenvalue weighted by Gasteiger charge is 2.06. The molecule has 1 rings (SSSR count). The van der Waals surface area contributed by atoms with Gasteiger partial charge in [-0.2, -0.15) is 0 Å². The maximum atomic E-state index is 5.07. The first kappa shape index (κ1) is 12.7. The molecular weight excluding hydrogens is 204 g/mol. The molecule has 0 unspecified atom stereocenters. The van der Waals surface area contributed by atoms with Crippen molar-refractivity contribution in [3.05, 3.63) is 12.4 Å². The number of likely N-dealkylation sites (N-methyl/N-ethyl adjacent to an activating group) is 1. The van der Waals surface area contributed by atoms with Gasteiger partial charge in [0.25, 0.3) is 0 Å². The molecule has 0 spiro atoms. The second-order valence-electron chi connectivity index (χ2n) is 3.36. The summed E-state index contributed by atoms with van der Waals surface area (Å²) in [7, 11) is 1.71. The third kappa shape index (κ3) is 3.66. The second kappa shape index (κ2) is 7.00. The molecule has 0 atom stereocenters. The summed E-state index contributed by atoms with van der Waals surface area (Å²) in [6.45, 7) is 7.46. The molecular formula is C11H20N4O. The van der Waals surface area contributed by atoms with Gasteiger partial charge in [0.05, 0.1) is 6.61 Å². The van der Waals surface area contributed by atoms with Gasteiger partial charge in [-0.1, -0.05) is 0 Å². The van der Waals surface area contributed by atoms with Gasteiger partial charge >= 0.3 is 0 Å². The van der Waals surface area contributed by atoms with Crippen molar-refractivity contribution >= 4 is 11.6 Å². The molecule has 5 heteroatoms. The Morgan fingerprint density at radius 2 is 2.19 bits per heavy atom. The van der Waals surface area contributed by atoms with Crippen molar-refractivity contribution in [3.63, 3.8) is 0 Å². The number of anilines is 2. The van der Waals surface area contributed by atoms with Crippen LogP contribution in [-0.2, 0) is 4.74 Å². The minimum atomic E-state index is 0.703. The van der Waals surface area contributed by atoms with E-state index in [1.807, 2.05) is 13.0 Å². The minimum Gasteiger partial charge on any atom is -0.383 e. The Balaban J connectivity index is 2.71. The highest BCUT2D eigenvalue weighted by atomic mass is 16.5. The maximum Gasteiger partial charge on any atom is 0.134 e. The Kier molecular flexibility index (Phi) is 5.56. The lowest BCUT2D eigenvalue weighted by molar-refractivity contribution is 0.205. The van der Waals surface area contributed by atoms with Crippen molar-refractivity contribution in [1.29, 1.82) is 0 Å². The third-order valence-corrected chi connectivity index (χ3v) is 2.28. The van der Waals surface area contributed by atoms with Gasteiger partial charge in [0.1, 0.15) is 18.0 Å². The molecule has 16 heavy (non-hydrogen) atoms. The first-order chi connectivity index (χ1) is 7.81. The quantitative estimate of drug-likeness (QED) is 0.758. The molecule has 0 aliphatic rings. The van der Waals surface area contributed by atoms with Gasteiger partial charge in [-0.25, -0.2) is 9.97 Å². The Morgan fingerprint density at radius 3 is 2.81 bits per heavy atom. The molecule has 0 amide bonds. The van der Waals surface area contributed by atoms with Gasteiger partial charge in [-0.3, -0.25) is 0 Å². The van der Waals surface area contributed by atoms with E-state index in [9.17, 15) is 0 Å². The summed E-state index contributed by atoms with van der Waals surface area (Å²) in [4.78, 5) is 10.6. The Labute approximate surface area is 96.8 Å². The smallest absolute Gasteiger partial charge is 0.134 e. The van der Waals surface area contributed by atoms with Crippen molar-refractivity contribution in [3.8, 4) is 0 Å². The average Bonchev–Trinajstić information content (AvgIpc) is 2.31. The molecule has 0 aliphatic heterocycles. The van der Waals surface area contributed by atoms with E-state index >= 15 is 0 Å². The lowest BCUT2D eigenvalue weighted by atomic mass is 10.4. The number of methoxy groups -OCH3 is 1. The number of nitrogens with one attached hydrogen (secondary N) is 1. The molecule has 1 aromatic rings. The van der Waals surface area contributed by atoms with Crippen LogP contribution in [0.15, 0.2) is 12.4 Å². The maximum absolute atomic E-state index is 5.07. The molecule has 1 heterocycles. The summed E-state index contributed by atoms with van der Waals surface area (Å²) in [6, 6.07) is 1.96. The molecule has 0 aliphatic carbocycles. The van der Waals surface area contributed by atoms with E-state index < -0.39 is 0 Å². The van der Waals surface area contributed by atoms with Crippen LogP contribution < -0.4 is 10.2 Å². The summed E-state index contributed by atoms with van der Waals surface area (Å²) in [5, 5.41) is 3.17. The molecule has 0 saturated heterocycles. The Hall–Kier alpha value is -1.36. The summed E-state index contributed by atoms with van der Waals surface area (Å²) in [6.07, 6.45) is 1.59. The van der Waals surface area contributed by atoms with E-state index in [0.29, 0.717) is 6.61 Å². The predicted octanol–water partition coefficient (Wildman–Crippen LogP) is 1.38. The van der Waals surface area contributed by atoms with Gasteiger partial charge < -0.3 is 15.0 Å². The number of aromatic nitrogens is 2. The summed E-state index contributed by atoms with van der Waals surface area (Å²) in [5.74, 6) is 1.80. The SMILES string of the molecule is CCNc1cc(N(CC)CCOC)ncn1. The molecule has 1 aromatic heterocycles. The third-order valence-electron chi connectivity index (χ3n) is 2.28. The van der Waals surface area contributed by atoms with Crippen LogP contribution in [0.5, 0.6) is 0 Å². The zero-order valence-corrected chi connectivity index (χ0v) is 10.2. The normalized spacial score (nSPS) is 10.2. The van der Waals surface area contributed by atoms with Gasteiger partial charge in [0, 0.05) is 32.8 Å². The van der Waals surface area contributed by atoms with Crippen LogP contribution in [0.4, 0.5) is 11.6 Å². The van der Waals surface area contributed by atoms with Crippen molar-refractivity contribution in [2.75, 3.05) is 43.6 Å². The van der Waals surface area contributed by atoms with Crippen LogP contribution in [0.1, 0.15) is 13.8 Å². The fraction of sp³-hybridized carbons (Fsp3) is 0.636. The zero-order valence-electron chi connectivity index (χ0n) is 10.2. The average molecular weight is 224 g/mol. The highest BCUT2D eigenvalue weighted by molar-refractivity contribution is 5.48. The van der Waals surface area contributed by atoms with Gasteiger partial charge in [0.15, 0.2) is 0 Å². The number of rotatable bonds is 7. The van der Waals surface area contributed by atoms with E-state index in [1.165, 1.54) is 0 Å². The van der Waals surface area contributed by atoms with Crippen molar-refractivity contribution in [2.24, 2.45) is 0 Å². The Bertz CT molecular complexity index is 306. The molecule has 90 valence electrons. The molecule has 0 bridgehead atoms. The van der Waals surface area contributed by atoms with Crippen LogP contribution >= 0.6 is 0 Å². The van der Waals surface area contributed by atoms with Crippen LogP contribution in [0.25, 0.3) is 0 Å². The molecule has 0 radical (unpaired) electrons. The highest BCUT2D eigenvalue weighted by Crippen LogP contribution is 2.13. The Morgan fingerprint density at radius 1 is 1.38 bits per heavy atom. The number of nitrogens with zero attached hydrogens (tertiary/aromatic N) is 3. The molecule has 0 saturated carbocycles. The van der Waals surface area contributed by atoms with Crippen molar-refractivity contribution in [2.45, 2.75) is 13.8 Å². The lowest BCUT2D eigenvalue weighted by Crippen LogP contribution is -2.27. The van der Waals surface area contributed by atoms with Crippen LogP contribution in [-0.4, -0.2) is 43.3 Å². The summed E-state index contributed by atoms with van der Waals surface area (Å²) in [5.41, 5.74) is 0. The van der Waals surface area contributed by atoms with E-state index in [4.69, 9.17) is 4.74 Å². The van der Waals surface area contributed by atoms with Crippen molar-refractivity contribution < 1.29 is 4.74 Å². The molecule has 0 aromatic carbocycles. The van der Waals surface area contributed by atoms with E-state index in [0.717, 1.165) is 31.3 Å². The minimum absolute atomic E-state index is 0.703. The first-order valence-corrected chi connectivity index (χ1v) is 5.61. The monoisotopic (exact) mass is 224 g/mol. The van der Waals surface area contributed by atoms with Gasteiger partial charge in [0.2, 0.25) is 0 Å². The van der Waals surface area contributed by atoms with E-state index in [1.54, 1.807) is 13.4 Å². The zero-order chi connectivity index (χ0) is 11.8. The van der Waals surface area contributed by atoms with E-state index in [2.05, 4.69) is 27.1 Å². The lowest BCUT2D eigenvalue weighted by Gasteiger charge is -2.21. The van der Waals surface area contributed by atoms with Gasteiger partial charge in [-0.15, -0.1) is 0 Å². The van der Waals surface area contributed by atoms with Crippen molar-refractivity contribution in [1.82, 2.24) is 9.97 Å². The number of ether oxygens (including phenoxy) is 1. The number of hydrogen-bond donors (Lipinski definition) is 1. The molecule has 5 nitrogen and oxygen atoms in total. The summed E-state index contributed by atoms with van der Waals surface area (Å²) < 4.78 is 5.07.